The maximum atomic E-state index is 11.6. The van der Waals surface area contributed by atoms with Crippen LogP contribution in [-0.4, -0.2) is 28.1 Å². The van der Waals surface area contributed by atoms with Crippen LogP contribution >= 0.6 is 0 Å². The fraction of sp³-hybridized carbons (Fsp3) is 0.417. The van der Waals surface area contributed by atoms with E-state index in [9.17, 15) is 13.2 Å². The van der Waals surface area contributed by atoms with Crippen LogP contribution in [0.3, 0.4) is 0 Å². The van der Waals surface area contributed by atoms with Crippen molar-refractivity contribution in [1.82, 2.24) is 0 Å². The Labute approximate surface area is 107 Å². The zero-order valence-corrected chi connectivity index (χ0v) is 11.1. The average Bonchev–Trinajstić information content (AvgIpc) is 2.35. The molecule has 0 aliphatic carbocycles. The van der Waals surface area contributed by atoms with Gasteiger partial charge in [-0.3, -0.25) is 8.98 Å². The third-order valence-electron chi connectivity index (χ3n) is 2.29. The highest BCUT2D eigenvalue weighted by Gasteiger charge is 2.19. The van der Waals surface area contributed by atoms with Crippen molar-refractivity contribution in [3.05, 3.63) is 35.9 Å². The lowest BCUT2D eigenvalue weighted by Gasteiger charge is -2.10. The maximum Gasteiger partial charge on any atom is 0.310 e. The highest BCUT2D eigenvalue weighted by atomic mass is 32.2. The van der Waals surface area contributed by atoms with Crippen LogP contribution in [0.15, 0.2) is 30.3 Å². The number of benzene rings is 1. The van der Waals surface area contributed by atoms with Crippen LogP contribution in [0, 0.1) is 5.92 Å². The van der Waals surface area contributed by atoms with E-state index in [0.29, 0.717) is 5.56 Å². The molecule has 18 heavy (non-hydrogen) atoms. The average molecular weight is 272 g/mol. The van der Waals surface area contributed by atoms with Gasteiger partial charge in [-0.05, 0) is 12.5 Å². The molecule has 1 aromatic rings. The molecule has 0 saturated heterocycles. The van der Waals surface area contributed by atoms with Gasteiger partial charge in [-0.25, -0.2) is 0 Å². The second-order valence-electron chi connectivity index (χ2n) is 3.90. The van der Waals surface area contributed by atoms with Crippen molar-refractivity contribution in [3.63, 3.8) is 0 Å². The summed E-state index contributed by atoms with van der Waals surface area (Å²) < 4.78 is 32.6. The molecule has 0 unspecified atom stereocenters. The summed E-state index contributed by atoms with van der Waals surface area (Å²) in [6.45, 7) is 1.34. The number of hydrogen-bond donors (Lipinski definition) is 0. The molecule has 1 aromatic carbocycles. The van der Waals surface area contributed by atoms with Gasteiger partial charge in [0, 0.05) is 0 Å². The van der Waals surface area contributed by atoms with E-state index in [1.54, 1.807) is 37.3 Å². The van der Waals surface area contributed by atoms with E-state index < -0.39 is 22.0 Å². The van der Waals surface area contributed by atoms with E-state index in [2.05, 4.69) is 4.74 Å². The molecule has 6 heteroatoms. The summed E-state index contributed by atoms with van der Waals surface area (Å²) >= 11 is 0. The van der Waals surface area contributed by atoms with Gasteiger partial charge in [0.2, 0.25) is 0 Å². The smallest absolute Gasteiger partial charge is 0.310 e. The number of esters is 1. The van der Waals surface area contributed by atoms with Gasteiger partial charge in [-0.15, -0.1) is 0 Å². The fourth-order valence-electron chi connectivity index (χ4n) is 1.29. The van der Waals surface area contributed by atoms with Crippen LogP contribution < -0.4 is 0 Å². The molecule has 1 rings (SSSR count). The first kappa shape index (κ1) is 14.7. The minimum absolute atomic E-state index is 0.207. The molecule has 0 radical (unpaired) electrons. The van der Waals surface area contributed by atoms with E-state index in [1.807, 2.05) is 0 Å². The predicted octanol–water partition coefficient (Wildman–Crippen LogP) is 1.34. The second-order valence-corrected chi connectivity index (χ2v) is 5.54. The lowest BCUT2D eigenvalue weighted by Crippen LogP contribution is -2.21. The van der Waals surface area contributed by atoms with Crippen molar-refractivity contribution in [1.29, 1.82) is 0 Å². The Balaban J connectivity index is 2.53. The molecular formula is C12H16O5S. The molecule has 0 spiro atoms. The van der Waals surface area contributed by atoms with Gasteiger partial charge in [-0.1, -0.05) is 30.3 Å². The molecule has 0 aliphatic heterocycles. The van der Waals surface area contributed by atoms with Crippen LogP contribution in [0.1, 0.15) is 12.5 Å². The topological polar surface area (TPSA) is 69.7 Å². The van der Waals surface area contributed by atoms with Crippen molar-refractivity contribution in [3.8, 4) is 0 Å². The normalized spacial score (nSPS) is 13.0. The summed E-state index contributed by atoms with van der Waals surface area (Å²) in [6.07, 6.45) is 0. The lowest BCUT2D eigenvalue weighted by atomic mass is 10.2. The molecule has 0 amide bonds. The summed E-state index contributed by atoms with van der Waals surface area (Å²) in [6, 6.07) is 8.70. The molecule has 5 nitrogen and oxygen atoms in total. The third kappa shape index (κ3) is 4.85. The first-order valence-electron chi connectivity index (χ1n) is 5.43. The number of ether oxygens (including phenoxy) is 1. The SMILES string of the molecule is COC(=O)[C@@H](C)COS(=O)(=O)Cc1ccccc1. The van der Waals surface area contributed by atoms with Crippen LogP contribution in [0.2, 0.25) is 0 Å². The highest BCUT2D eigenvalue weighted by molar-refractivity contribution is 7.85. The van der Waals surface area contributed by atoms with Gasteiger partial charge < -0.3 is 4.74 Å². The summed E-state index contributed by atoms with van der Waals surface area (Å²) in [5.74, 6) is -1.31. The fourth-order valence-corrected chi connectivity index (χ4v) is 2.39. The Morgan fingerprint density at radius 3 is 2.44 bits per heavy atom. The maximum absolute atomic E-state index is 11.6. The van der Waals surface area contributed by atoms with Crippen LogP contribution in [-0.2, 0) is 29.6 Å². The molecule has 0 saturated carbocycles. The summed E-state index contributed by atoms with van der Waals surface area (Å²) in [7, 11) is -2.43. The molecule has 0 fully saturated rings. The summed E-state index contributed by atoms with van der Waals surface area (Å²) in [5, 5.41) is 0. The van der Waals surface area contributed by atoms with Crippen molar-refractivity contribution < 1.29 is 22.1 Å². The number of carbonyl (C=O) groups excluding carboxylic acids is 1. The number of methoxy groups -OCH3 is 1. The summed E-state index contributed by atoms with van der Waals surface area (Å²) in [4.78, 5) is 11.1. The van der Waals surface area contributed by atoms with Gasteiger partial charge in [0.1, 0.15) is 5.75 Å². The van der Waals surface area contributed by atoms with Crippen LogP contribution in [0.4, 0.5) is 0 Å². The monoisotopic (exact) mass is 272 g/mol. The number of carbonyl (C=O) groups is 1. The Hall–Kier alpha value is -1.40. The zero-order valence-electron chi connectivity index (χ0n) is 10.3. The van der Waals surface area contributed by atoms with Crippen molar-refractivity contribution in [2.24, 2.45) is 5.92 Å². The minimum Gasteiger partial charge on any atom is -0.469 e. The highest BCUT2D eigenvalue weighted by Crippen LogP contribution is 2.09. The van der Waals surface area contributed by atoms with E-state index >= 15 is 0 Å². The number of hydrogen-bond acceptors (Lipinski definition) is 5. The van der Waals surface area contributed by atoms with E-state index in [-0.39, 0.29) is 12.4 Å². The first-order valence-corrected chi connectivity index (χ1v) is 7.01. The Kier molecular flexibility index (Phi) is 5.30. The van der Waals surface area contributed by atoms with Gasteiger partial charge in [-0.2, -0.15) is 8.42 Å². The largest absolute Gasteiger partial charge is 0.469 e. The molecule has 0 aliphatic rings. The van der Waals surface area contributed by atoms with Crippen molar-refractivity contribution in [2.45, 2.75) is 12.7 Å². The molecule has 0 N–H and O–H groups in total. The van der Waals surface area contributed by atoms with Crippen LogP contribution in [0.5, 0.6) is 0 Å². The standard InChI is InChI=1S/C12H16O5S/c1-10(12(13)16-2)8-17-18(14,15)9-11-6-4-3-5-7-11/h3-7,10H,8-9H2,1-2H3/t10-/m0/s1. The van der Waals surface area contributed by atoms with Gasteiger partial charge in [0.15, 0.2) is 0 Å². The second kappa shape index (κ2) is 6.51. The minimum atomic E-state index is -3.68. The zero-order chi connectivity index (χ0) is 13.6. The molecular weight excluding hydrogens is 256 g/mol. The predicted molar refractivity (Wildman–Crippen MR) is 66.2 cm³/mol. The molecule has 0 bridgehead atoms. The van der Waals surface area contributed by atoms with E-state index in [1.165, 1.54) is 7.11 Å². The van der Waals surface area contributed by atoms with E-state index in [4.69, 9.17) is 4.18 Å². The van der Waals surface area contributed by atoms with E-state index in [0.717, 1.165) is 0 Å². The quantitative estimate of drug-likeness (QED) is 0.577. The molecule has 1 atom stereocenters. The van der Waals surface area contributed by atoms with Crippen molar-refractivity contribution >= 4 is 16.1 Å². The Morgan fingerprint density at radius 1 is 1.28 bits per heavy atom. The Morgan fingerprint density at radius 2 is 1.89 bits per heavy atom. The molecule has 0 aromatic heterocycles. The molecule has 0 heterocycles. The van der Waals surface area contributed by atoms with Gasteiger partial charge >= 0.3 is 5.97 Å². The van der Waals surface area contributed by atoms with Crippen molar-refractivity contribution in [2.75, 3.05) is 13.7 Å². The lowest BCUT2D eigenvalue weighted by molar-refractivity contribution is -0.145. The van der Waals surface area contributed by atoms with Gasteiger partial charge in [0.25, 0.3) is 10.1 Å². The first-order chi connectivity index (χ1) is 8.44. The van der Waals surface area contributed by atoms with Crippen LogP contribution in [0.25, 0.3) is 0 Å². The molecule has 100 valence electrons. The summed E-state index contributed by atoms with van der Waals surface area (Å²) in [5.41, 5.74) is 0.642. The number of rotatable bonds is 6. The Bertz CT molecular complexity index is 480. The van der Waals surface area contributed by atoms with Gasteiger partial charge in [0.05, 0.1) is 19.6 Å². The third-order valence-corrected chi connectivity index (χ3v) is 3.47.